The molecule has 0 saturated heterocycles. The monoisotopic (exact) mass is 222 g/mol. The Morgan fingerprint density at radius 1 is 1.38 bits per heavy atom. The lowest BCUT2D eigenvalue weighted by Gasteiger charge is -2.25. The first kappa shape index (κ1) is 13.0. The van der Waals surface area contributed by atoms with Gasteiger partial charge in [0.2, 0.25) is 5.91 Å². The summed E-state index contributed by atoms with van der Waals surface area (Å²) < 4.78 is 0. The van der Waals surface area contributed by atoms with E-state index in [9.17, 15) is 4.79 Å². The maximum absolute atomic E-state index is 11.6. The summed E-state index contributed by atoms with van der Waals surface area (Å²) in [6.45, 7) is 4.26. The van der Waals surface area contributed by atoms with Crippen molar-refractivity contribution < 1.29 is 4.79 Å². The minimum atomic E-state index is 0.175. The Kier molecular flexibility index (Phi) is 5.31. The van der Waals surface area contributed by atoms with Crippen LogP contribution in [0.5, 0.6) is 0 Å². The fourth-order valence-corrected chi connectivity index (χ4v) is 2.09. The molecule has 1 N–H and O–H groups in total. The van der Waals surface area contributed by atoms with Crippen LogP contribution in [0.15, 0.2) is 0 Å². The van der Waals surface area contributed by atoms with Crippen LogP contribution in [-0.4, -0.2) is 11.9 Å². The molecule has 0 aromatic rings. The van der Waals surface area contributed by atoms with E-state index < -0.39 is 0 Å². The van der Waals surface area contributed by atoms with Crippen molar-refractivity contribution in [2.24, 2.45) is 11.8 Å². The fourth-order valence-electron chi connectivity index (χ4n) is 2.09. The van der Waals surface area contributed by atoms with E-state index in [1.54, 1.807) is 0 Å². The van der Waals surface area contributed by atoms with Gasteiger partial charge in [-0.15, -0.1) is 0 Å². The molecule has 3 heteroatoms. The second kappa shape index (κ2) is 6.52. The van der Waals surface area contributed by atoms with Crippen molar-refractivity contribution in [1.29, 1.82) is 5.26 Å². The van der Waals surface area contributed by atoms with Crippen molar-refractivity contribution in [3.63, 3.8) is 0 Å². The van der Waals surface area contributed by atoms with Crippen LogP contribution in [0.3, 0.4) is 0 Å². The molecule has 1 saturated carbocycles. The highest BCUT2D eigenvalue weighted by molar-refractivity contribution is 5.76. The molecule has 0 radical (unpaired) electrons. The average molecular weight is 222 g/mol. The third-order valence-corrected chi connectivity index (χ3v) is 3.22. The molecule has 90 valence electrons. The maximum atomic E-state index is 11.6. The van der Waals surface area contributed by atoms with Crippen molar-refractivity contribution in [2.45, 2.75) is 58.4 Å². The SMILES string of the molecule is CC(C)CCC(=O)NC1CCC(C#N)CC1. The Morgan fingerprint density at radius 2 is 2.00 bits per heavy atom. The summed E-state index contributed by atoms with van der Waals surface area (Å²) in [5, 5.41) is 11.8. The van der Waals surface area contributed by atoms with Gasteiger partial charge in [0, 0.05) is 18.4 Å². The molecule has 0 aromatic carbocycles. The second-order valence-corrected chi connectivity index (χ2v) is 5.18. The number of carbonyl (C=O) groups excluding carboxylic acids is 1. The fraction of sp³-hybridized carbons (Fsp3) is 0.846. The molecule has 3 nitrogen and oxygen atoms in total. The largest absolute Gasteiger partial charge is 0.353 e. The van der Waals surface area contributed by atoms with Gasteiger partial charge in [-0.2, -0.15) is 5.26 Å². The number of hydrogen-bond donors (Lipinski definition) is 1. The normalized spacial score (nSPS) is 25.1. The maximum Gasteiger partial charge on any atom is 0.220 e. The van der Waals surface area contributed by atoms with Gasteiger partial charge < -0.3 is 5.32 Å². The third-order valence-electron chi connectivity index (χ3n) is 3.22. The molecule has 0 unspecified atom stereocenters. The first-order chi connectivity index (χ1) is 7.61. The summed E-state index contributed by atoms with van der Waals surface area (Å²) in [6, 6.07) is 2.61. The zero-order valence-corrected chi connectivity index (χ0v) is 10.3. The van der Waals surface area contributed by atoms with Gasteiger partial charge in [-0.25, -0.2) is 0 Å². The second-order valence-electron chi connectivity index (χ2n) is 5.18. The molecule has 0 aromatic heterocycles. The van der Waals surface area contributed by atoms with Gasteiger partial charge in [-0.1, -0.05) is 13.8 Å². The zero-order chi connectivity index (χ0) is 12.0. The molecule has 0 spiro atoms. The minimum Gasteiger partial charge on any atom is -0.353 e. The summed E-state index contributed by atoms with van der Waals surface area (Å²) in [6.07, 6.45) is 5.39. The van der Waals surface area contributed by atoms with Crippen LogP contribution in [0, 0.1) is 23.2 Å². The Bertz CT molecular complexity index is 260. The number of carbonyl (C=O) groups is 1. The summed E-state index contributed by atoms with van der Waals surface area (Å²) in [7, 11) is 0. The first-order valence-corrected chi connectivity index (χ1v) is 6.30. The molecule has 1 rings (SSSR count). The molecule has 0 heterocycles. The Morgan fingerprint density at radius 3 is 2.50 bits per heavy atom. The molecule has 16 heavy (non-hydrogen) atoms. The van der Waals surface area contributed by atoms with Crippen LogP contribution in [-0.2, 0) is 4.79 Å². The molecule has 0 aliphatic heterocycles. The lowest BCUT2D eigenvalue weighted by atomic mass is 9.87. The quantitative estimate of drug-likeness (QED) is 0.795. The number of nitrogens with one attached hydrogen (secondary N) is 1. The molecular formula is C13H22N2O. The van der Waals surface area contributed by atoms with E-state index >= 15 is 0 Å². The molecule has 1 aliphatic carbocycles. The Hall–Kier alpha value is -1.04. The summed E-state index contributed by atoms with van der Waals surface area (Å²) in [4.78, 5) is 11.6. The molecular weight excluding hydrogens is 200 g/mol. The van der Waals surface area contributed by atoms with Crippen LogP contribution in [0.4, 0.5) is 0 Å². The van der Waals surface area contributed by atoms with Gasteiger partial charge in [0.05, 0.1) is 6.07 Å². The van der Waals surface area contributed by atoms with Gasteiger partial charge in [-0.3, -0.25) is 4.79 Å². The van der Waals surface area contributed by atoms with E-state index in [1.165, 1.54) is 0 Å². The van der Waals surface area contributed by atoms with Gasteiger partial charge in [0.15, 0.2) is 0 Å². The molecule has 0 atom stereocenters. The molecule has 1 amide bonds. The highest BCUT2D eigenvalue weighted by atomic mass is 16.1. The summed E-state index contributed by atoms with van der Waals surface area (Å²) in [5.74, 6) is 0.970. The van der Waals surface area contributed by atoms with Crippen LogP contribution in [0.1, 0.15) is 52.4 Å². The Labute approximate surface area is 98.2 Å². The zero-order valence-electron chi connectivity index (χ0n) is 10.3. The highest BCUT2D eigenvalue weighted by Gasteiger charge is 2.21. The van der Waals surface area contributed by atoms with Crippen LogP contribution >= 0.6 is 0 Å². The third kappa shape index (κ3) is 4.65. The Balaban J connectivity index is 2.18. The van der Waals surface area contributed by atoms with Gasteiger partial charge >= 0.3 is 0 Å². The van der Waals surface area contributed by atoms with E-state index in [-0.39, 0.29) is 11.8 Å². The van der Waals surface area contributed by atoms with Crippen molar-refractivity contribution in [1.82, 2.24) is 5.32 Å². The number of rotatable bonds is 4. The van der Waals surface area contributed by atoms with Crippen molar-refractivity contribution >= 4 is 5.91 Å². The number of amides is 1. The topological polar surface area (TPSA) is 52.9 Å². The standard InChI is InChI=1S/C13H22N2O/c1-10(2)3-8-13(16)15-12-6-4-11(9-14)5-7-12/h10-12H,3-8H2,1-2H3,(H,15,16). The minimum absolute atomic E-state index is 0.175. The predicted octanol–water partition coefficient (Wildman–Crippen LogP) is 2.62. The summed E-state index contributed by atoms with van der Waals surface area (Å²) >= 11 is 0. The lowest BCUT2D eigenvalue weighted by molar-refractivity contribution is -0.122. The van der Waals surface area contributed by atoms with E-state index in [0.29, 0.717) is 18.4 Å². The molecule has 1 fully saturated rings. The van der Waals surface area contributed by atoms with E-state index in [2.05, 4.69) is 25.2 Å². The van der Waals surface area contributed by atoms with E-state index in [1.807, 2.05) is 0 Å². The van der Waals surface area contributed by atoms with Crippen LogP contribution < -0.4 is 5.32 Å². The van der Waals surface area contributed by atoms with Crippen molar-refractivity contribution in [3.8, 4) is 6.07 Å². The van der Waals surface area contributed by atoms with Crippen LogP contribution in [0.25, 0.3) is 0 Å². The van der Waals surface area contributed by atoms with Crippen LogP contribution in [0.2, 0.25) is 0 Å². The van der Waals surface area contributed by atoms with Gasteiger partial charge in [0.25, 0.3) is 0 Å². The highest BCUT2D eigenvalue weighted by Crippen LogP contribution is 2.23. The number of nitrogens with zero attached hydrogens (tertiary/aromatic N) is 1. The van der Waals surface area contributed by atoms with E-state index in [0.717, 1.165) is 32.1 Å². The smallest absolute Gasteiger partial charge is 0.220 e. The first-order valence-electron chi connectivity index (χ1n) is 6.30. The average Bonchev–Trinajstić information content (AvgIpc) is 2.27. The van der Waals surface area contributed by atoms with Crippen molar-refractivity contribution in [3.05, 3.63) is 0 Å². The number of hydrogen-bond acceptors (Lipinski definition) is 2. The predicted molar refractivity (Wildman–Crippen MR) is 63.6 cm³/mol. The summed E-state index contributed by atoms with van der Waals surface area (Å²) in [5.41, 5.74) is 0. The molecule has 0 bridgehead atoms. The van der Waals surface area contributed by atoms with Gasteiger partial charge in [0.1, 0.15) is 0 Å². The van der Waals surface area contributed by atoms with Crippen molar-refractivity contribution in [2.75, 3.05) is 0 Å². The van der Waals surface area contributed by atoms with E-state index in [4.69, 9.17) is 5.26 Å². The van der Waals surface area contributed by atoms with Gasteiger partial charge in [-0.05, 0) is 38.0 Å². The number of nitriles is 1. The molecule has 1 aliphatic rings. The lowest BCUT2D eigenvalue weighted by Crippen LogP contribution is -2.37.